The molecule has 4 nitrogen and oxygen atoms in total. The van der Waals surface area contributed by atoms with Gasteiger partial charge in [-0.25, -0.2) is 4.98 Å². The lowest BCUT2D eigenvalue weighted by molar-refractivity contribution is 0.0995. The van der Waals surface area contributed by atoms with E-state index in [0.717, 1.165) is 6.39 Å². The number of primary amides is 1. The summed E-state index contributed by atoms with van der Waals surface area (Å²) in [5, 5.41) is 0. The highest BCUT2D eigenvalue weighted by molar-refractivity contribution is 5.90. The van der Waals surface area contributed by atoms with Crippen LogP contribution < -0.4 is 5.73 Å². The Morgan fingerprint density at radius 1 is 1.88 bits per heavy atom. The Labute approximate surface area is 45.3 Å². The first-order valence-electron chi connectivity index (χ1n) is 1.98. The lowest BCUT2D eigenvalue weighted by Crippen LogP contribution is -2.10. The molecule has 0 saturated carbocycles. The number of hydrogen-bond donors (Lipinski definition) is 1. The van der Waals surface area contributed by atoms with Gasteiger partial charge in [0, 0.05) is 0 Å². The average Bonchev–Trinajstić information content (AvgIpc) is 2.12. The number of oxazole rings is 1. The zero-order valence-corrected chi connectivity index (χ0v) is 4.00. The van der Waals surface area contributed by atoms with Gasteiger partial charge in [0.25, 0.3) is 5.91 Å². The summed E-state index contributed by atoms with van der Waals surface area (Å²) in [6.45, 7) is 0. The molecule has 1 amide bonds. The van der Waals surface area contributed by atoms with Crippen molar-refractivity contribution >= 4 is 5.91 Å². The molecule has 8 heavy (non-hydrogen) atoms. The van der Waals surface area contributed by atoms with Crippen LogP contribution in [0.1, 0.15) is 10.5 Å². The summed E-state index contributed by atoms with van der Waals surface area (Å²) in [6, 6.07) is 0. The minimum atomic E-state index is -0.571. The molecule has 1 heterocycles. The van der Waals surface area contributed by atoms with Gasteiger partial charge in [-0.2, -0.15) is 0 Å². The van der Waals surface area contributed by atoms with Gasteiger partial charge in [-0.15, -0.1) is 0 Å². The van der Waals surface area contributed by atoms with Crippen molar-refractivity contribution in [2.45, 2.75) is 0 Å². The largest absolute Gasteiger partial charge is 0.451 e. The number of amides is 1. The molecule has 0 saturated heterocycles. The van der Waals surface area contributed by atoms with Crippen LogP contribution in [0.25, 0.3) is 0 Å². The second kappa shape index (κ2) is 1.65. The number of rotatable bonds is 1. The van der Waals surface area contributed by atoms with Crippen LogP contribution in [0.15, 0.2) is 17.1 Å². The molecule has 1 aromatic heterocycles. The highest BCUT2D eigenvalue weighted by Crippen LogP contribution is 1.89. The van der Waals surface area contributed by atoms with Crippen molar-refractivity contribution in [1.29, 1.82) is 0 Å². The normalized spacial score (nSPS) is 9.00. The molecule has 0 aliphatic carbocycles. The topological polar surface area (TPSA) is 69.1 Å². The van der Waals surface area contributed by atoms with E-state index in [4.69, 9.17) is 5.73 Å². The Balaban J connectivity index is 2.93. The summed E-state index contributed by atoms with van der Waals surface area (Å²) < 4.78 is 4.46. The summed E-state index contributed by atoms with van der Waals surface area (Å²) in [6.07, 6.45) is 2.35. The number of nitrogens with two attached hydrogens (primary N) is 1. The molecule has 42 valence electrons. The molecule has 0 aliphatic rings. The third-order valence-electron chi connectivity index (χ3n) is 0.685. The van der Waals surface area contributed by atoms with Gasteiger partial charge in [0.15, 0.2) is 12.1 Å². The highest BCUT2D eigenvalue weighted by Gasteiger charge is 1.99. The van der Waals surface area contributed by atoms with Gasteiger partial charge in [-0.1, -0.05) is 0 Å². The van der Waals surface area contributed by atoms with E-state index in [2.05, 4.69) is 9.40 Å². The van der Waals surface area contributed by atoms with Crippen LogP contribution in [0.4, 0.5) is 0 Å². The van der Waals surface area contributed by atoms with E-state index in [-0.39, 0.29) is 5.69 Å². The molecule has 0 aliphatic heterocycles. The van der Waals surface area contributed by atoms with Gasteiger partial charge in [-0.3, -0.25) is 4.79 Å². The fraction of sp³-hybridized carbons (Fsp3) is 0. The Bertz CT molecular complexity index is 180. The van der Waals surface area contributed by atoms with Crippen LogP contribution in [0.3, 0.4) is 0 Å². The third-order valence-corrected chi connectivity index (χ3v) is 0.685. The number of hydrogen-bond acceptors (Lipinski definition) is 3. The summed E-state index contributed by atoms with van der Waals surface area (Å²) in [7, 11) is 0. The smallest absolute Gasteiger partial charge is 0.270 e. The molecule has 0 aromatic carbocycles. The molecule has 1 aromatic rings. The SMILES string of the molecule is NC(=O)c1cocn1. The number of aromatic nitrogens is 1. The molecule has 4 heteroatoms. The van der Waals surface area contributed by atoms with Crippen LogP contribution in [0, 0.1) is 0 Å². The van der Waals surface area contributed by atoms with Crippen LogP contribution >= 0.6 is 0 Å². The number of nitrogens with zero attached hydrogens (tertiary/aromatic N) is 1. The number of carbonyl (C=O) groups excluding carboxylic acids is 1. The molecule has 0 unspecified atom stereocenters. The predicted octanol–water partition coefficient (Wildman–Crippen LogP) is -0.227. The van der Waals surface area contributed by atoms with Gasteiger partial charge in [0.2, 0.25) is 0 Å². The Morgan fingerprint density at radius 3 is 2.88 bits per heavy atom. The standard InChI is InChI=1S/C4H4N2O2/c5-4(7)3-1-8-2-6-3/h1-2H,(H2,5,7). The van der Waals surface area contributed by atoms with Gasteiger partial charge < -0.3 is 10.2 Å². The molecule has 0 radical (unpaired) electrons. The Hall–Kier alpha value is -1.32. The summed E-state index contributed by atoms with van der Waals surface area (Å²) in [4.78, 5) is 13.6. The molecule has 0 fully saturated rings. The van der Waals surface area contributed by atoms with E-state index in [1.165, 1.54) is 6.26 Å². The van der Waals surface area contributed by atoms with Crippen molar-refractivity contribution in [3.05, 3.63) is 18.4 Å². The maximum Gasteiger partial charge on any atom is 0.270 e. The highest BCUT2D eigenvalue weighted by atomic mass is 16.3. The van der Waals surface area contributed by atoms with Crippen LogP contribution in [0.5, 0.6) is 0 Å². The van der Waals surface area contributed by atoms with E-state index in [1.54, 1.807) is 0 Å². The van der Waals surface area contributed by atoms with E-state index in [1.807, 2.05) is 0 Å². The quantitative estimate of drug-likeness (QED) is 0.545. The first-order valence-corrected chi connectivity index (χ1v) is 1.98. The maximum atomic E-state index is 10.2. The molecule has 0 atom stereocenters. The summed E-state index contributed by atoms with van der Waals surface area (Å²) in [5.74, 6) is -0.571. The van der Waals surface area contributed by atoms with Gasteiger partial charge in [0.1, 0.15) is 6.26 Å². The second-order valence-corrected chi connectivity index (χ2v) is 1.24. The number of carbonyl (C=O) groups is 1. The van der Waals surface area contributed by atoms with Crippen LogP contribution in [-0.2, 0) is 0 Å². The van der Waals surface area contributed by atoms with Gasteiger partial charge in [0.05, 0.1) is 0 Å². The predicted molar refractivity (Wildman–Crippen MR) is 25.0 cm³/mol. The monoisotopic (exact) mass is 112 g/mol. The summed E-state index contributed by atoms with van der Waals surface area (Å²) in [5.41, 5.74) is 4.95. The molecular weight excluding hydrogens is 108 g/mol. The molecule has 2 N–H and O–H groups in total. The van der Waals surface area contributed by atoms with Crippen molar-refractivity contribution in [2.75, 3.05) is 0 Å². The molecule has 0 spiro atoms. The molecular formula is C4H4N2O2. The maximum absolute atomic E-state index is 10.2. The van der Waals surface area contributed by atoms with Crippen molar-refractivity contribution in [2.24, 2.45) is 5.73 Å². The second-order valence-electron chi connectivity index (χ2n) is 1.24. The van der Waals surface area contributed by atoms with Crippen LogP contribution in [-0.4, -0.2) is 10.9 Å². The lowest BCUT2D eigenvalue weighted by atomic mass is 10.5. The minimum Gasteiger partial charge on any atom is -0.451 e. The van der Waals surface area contributed by atoms with Crippen LogP contribution in [0.2, 0.25) is 0 Å². The van der Waals surface area contributed by atoms with E-state index < -0.39 is 5.91 Å². The van der Waals surface area contributed by atoms with E-state index in [9.17, 15) is 4.79 Å². The minimum absolute atomic E-state index is 0.157. The average molecular weight is 112 g/mol. The van der Waals surface area contributed by atoms with Gasteiger partial charge >= 0.3 is 0 Å². The lowest BCUT2D eigenvalue weighted by Gasteiger charge is -1.77. The van der Waals surface area contributed by atoms with Crippen molar-refractivity contribution in [3.63, 3.8) is 0 Å². The zero-order chi connectivity index (χ0) is 5.98. The Kier molecular flexibility index (Phi) is 0.997. The van der Waals surface area contributed by atoms with E-state index in [0.29, 0.717) is 0 Å². The van der Waals surface area contributed by atoms with Crippen molar-refractivity contribution in [1.82, 2.24) is 4.98 Å². The summed E-state index contributed by atoms with van der Waals surface area (Å²) >= 11 is 0. The zero-order valence-electron chi connectivity index (χ0n) is 4.00. The first-order chi connectivity index (χ1) is 3.80. The van der Waals surface area contributed by atoms with Crippen molar-refractivity contribution < 1.29 is 9.21 Å². The van der Waals surface area contributed by atoms with Crippen molar-refractivity contribution in [3.8, 4) is 0 Å². The molecule has 1 rings (SSSR count). The van der Waals surface area contributed by atoms with Gasteiger partial charge in [-0.05, 0) is 0 Å². The first kappa shape index (κ1) is 4.83. The van der Waals surface area contributed by atoms with E-state index >= 15 is 0 Å². The third kappa shape index (κ3) is 0.676. The molecule has 0 bridgehead atoms. The fourth-order valence-corrected chi connectivity index (χ4v) is 0.334. The fourth-order valence-electron chi connectivity index (χ4n) is 0.334. The Morgan fingerprint density at radius 2 is 2.62 bits per heavy atom.